The van der Waals surface area contributed by atoms with Crippen LogP contribution >= 0.6 is 7.74 Å². The molecule has 0 radical (unpaired) electrons. The van der Waals surface area contributed by atoms with E-state index in [9.17, 15) is 0 Å². The van der Waals surface area contributed by atoms with Gasteiger partial charge in [-0.2, -0.15) is 0 Å². The lowest BCUT2D eigenvalue weighted by Crippen LogP contribution is -2.01. The average molecular weight is 237 g/mol. The van der Waals surface area contributed by atoms with Crippen LogP contribution in [-0.2, 0) is 13.6 Å². The van der Waals surface area contributed by atoms with Gasteiger partial charge < -0.3 is 13.6 Å². The predicted octanol–water partition coefficient (Wildman–Crippen LogP) is 3.84. The van der Waals surface area contributed by atoms with E-state index in [2.05, 4.69) is 11.7 Å². The van der Waals surface area contributed by atoms with Crippen LogP contribution < -0.4 is 0 Å². The van der Waals surface area contributed by atoms with Gasteiger partial charge in [-0.1, -0.05) is 13.3 Å². The first-order valence-electron chi connectivity index (χ1n) is 5.76. The van der Waals surface area contributed by atoms with Crippen molar-refractivity contribution in [3.8, 4) is 0 Å². The lowest BCUT2D eigenvalue weighted by atomic mass is 10.3. The van der Waals surface area contributed by atoms with E-state index in [0.717, 1.165) is 19.4 Å². The molecule has 0 unspecified atom stereocenters. The molecule has 0 heterocycles. The molecular weight excluding hydrogens is 213 g/mol. The molecule has 0 aromatic carbocycles. The van der Waals surface area contributed by atoms with E-state index in [1.165, 1.54) is 0 Å². The van der Waals surface area contributed by atoms with Gasteiger partial charge >= 0.3 is 7.74 Å². The number of unbranched alkanes of at least 4 members (excludes halogenated alkanes) is 1. The van der Waals surface area contributed by atoms with Crippen molar-refractivity contribution in [1.82, 2.24) is 0 Å². The van der Waals surface area contributed by atoms with E-state index in [-0.39, 0.29) is 0 Å². The minimum atomic E-state index is -2.40. The maximum atomic E-state index is 5.56. The SMILES string of the molecule is CCCCN=P(OCC)(OCC)OCC. The normalized spacial score (nSPS) is 11.7. The van der Waals surface area contributed by atoms with Crippen LogP contribution in [-0.4, -0.2) is 26.4 Å². The lowest BCUT2D eigenvalue weighted by molar-refractivity contribution is 0.162. The van der Waals surface area contributed by atoms with Gasteiger partial charge in [0.25, 0.3) is 0 Å². The van der Waals surface area contributed by atoms with Gasteiger partial charge in [-0.15, -0.1) is 0 Å². The van der Waals surface area contributed by atoms with Crippen LogP contribution in [0.5, 0.6) is 0 Å². The Morgan fingerprint density at radius 3 is 1.67 bits per heavy atom. The Balaban J connectivity index is 4.50. The molecule has 0 rings (SSSR count). The standard InChI is InChI=1S/C10H24NO3P/c1-5-9-10-11-15(12-6-2,13-7-3)14-8-4/h5-10H2,1-4H3. The zero-order valence-corrected chi connectivity index (χ0v) is 11.3. The zero-order valence-electron chi connectivity index (χ0n) is 10.4. The molecule has 0 N–H and O–H groups in total. The van der Waals surface area contributed by atoms with E-state index in [1.54, 1.807) is 0 Å². The zero-order chi connectivity index (χ0) is 11.6. The van der Waals surface area contributed by atoms with Crippen LogP contribution in [0.4, 0.5) is 0 Å². The highest BCUT2D eigenvalue weighted by Crippen LogP contribution is 2.52. The van der Waals surface area contributed by atoms with Crippen molar-refractivity contribution in [2.24, 2.45) is 4.74 Å². The molecule has 0 amide bonds. The minimum Gasteiger partial charge on any atom is -0.303 e. The Hall–Kier alpha value is 0.110. The minimum absolute atomic E-state index is 0.573. The molecule has 0 aromatic rings. The Morgan fingerprint density at radius 1 is 0.867 bits per heavy atom. The fraction of sp³-hybridized carbons (Fsp3) is 1.00. The van der Waals surface area contributed by atoms with Crippen LogP contribution in [0.3, 0.4) is 0 Å². The summed E-state index contributed by atoms with van der Waals surface area (Å²) in [6.07, 6.45) is 2.17. The molecule has 0 aliphatic rings. The fourth-order valence-corrected chi connectivity index (χ4v) is 2.91. The number of nitrogens with zero attached hydrogens (tertiary/aromatic N) is 1. The number of hydrogen-bond acceptors (Lipinski definition) is 4. The molecule has 0 spiro atoms. The Bertz CT molecular complexity index is 173. The van der Waals surface area contributed by atoms with Gasteiger partial charge in [0.15, 0.2) is 0 Å². The number of hydrogen-bond donors (Lipinski definition) is 0. The highest BCUT2D eigenvalue weighted by molar-refractivity contribution is 7.51. The van der Waals surface area contributed by atoms with Gasteiger partial charge in [0, 0.05) is 6.54 Å². The van der Waals surface area contributed by atoms with Gasteiger partial charge in [0.2, 0.25) is 0 Å². The Kier molecular flexibility index (Phi) is 9.41. The summed E-state index contributed by atoms with van der Waals surface area (Å²) in [7, 11) is -2.40. The molecule has 15 heavy (non-hydrogen) atoms. The van der Waals surface area contributed by atoms with Crippen molar-refractivity contribution >= 4 is 7.74 Å². The highest BCUT2D eigenvalue weighted by atomic mass is 31.2. The molecule has 5 heteroatoms. The van der Waals surface area contributed by atoms with Crippen LogP contribution in [0.1, 0.15) is 40.5 Å². The van der Waals surface area contributed by atoms with Crippen LogP contribution in [0.25, 0.3) is 0 Å². The Morgan fingerprint density at radius 2 is 1.33 bits per heavy atom. The summed E-state index contributed by atoms with van der Waals surface area (Å²) >= 11 is 0. The van der Waals surface area contributed by atoms with E-state index in [0.29, 0.717) is 19.8 Å². The average Bonchev–Trinajstić information content (AvgIpc) is 2.19. The summed E-state index contributed by atoms with van der Waals surface area (Å²) in [6, 6.07) is 0. The smallest absolute Gasteiger partial charge is 0.303 e. The summed E-state index contributed by atoms with van der Waals surface area (Å²) in [5.74, 6) is 0. The van der Waals surface area contributed by atoms with E-state index in [4.69, 9.17) is 13.6 Å². The van der Waals surface area contributed by atoms with E-state index in [1.807, 2.05) is 20.8 Å². The monoisotopic (exact) mass is 237 g/mol. The lowest BCUT2D eigenvalue weighted by Gasteiger charge is -2.21. The van der Waals surface area contributed by atoms with Crippen molar-refractivity contribution in [2.75, 3.05) is 26.4 Å². The third kappa shape index (κ3) is 6.31. The third-order valence-corrected chi connectivity index (χ3v) is 3.96. The summed E-state index contributed by atoms with van der Waals surface area (Å²) < 4.78 is 21.1. The van der Waals surface area contributed by atoms with E-state index >= 15 is 0 Å². The van der Waals surface area contributed by atoms with Crippen molar-refractivity contribution < 1.29 is 13.6 Å². The summed E-state index contributed by atoms with van der Waals surface area (Å²) in [5, 5.41) is 0. The topological polar surface area (TPSA) is 40.0 Å². The maximum Gasteiger partial charge on any atom is 0.355 e. The number of rotatable bonds is 9. The van der Waals surface area contributed by atoms with Crippen molar-refractivity contribution in [3.63, 3.8) is 0 Å². The second-order valence-corrected chi connectivity index (χ2v) is 4.94. The molecular formula is C10H24NO3P. The molecule has 0 fully saturated rings. The largest absolute Gasteiger partial charge is 0.355 e. The highest BCUT2D eigenvalue weighted by Gasteiger charge is 2.21. The molecule has 4 nitrogen and oxygen atoms in total. The van der Waals surface area contributed by atoms with Gasteiger partial charge in [-0.3, -0.25) is 0 Å². The van der Waals surface area contributed by atoms with Gasteiger partial charge in [0.1, 0.15) is 0 Å². The first kappa shape index (κ1) is 15.1. The second kappa shape index (κ2) is 9.34. The van der Waals surface area contributed by atoms with Gasteiger partial charge in [-0.25, -0.2) is 4.74 Å². The molecule has 0 aromatic heterocycles. The molecule has 0 saturated heterocycles. The first-order valence-corrected chi connectivity index (χ1v) is 7.25. The molecule has 0 saturated carbocycles. The van der Waals surface area contributed by atoms with Crippen molar-refractivity contribution in [1.29, 1.82) is 0 Å². The van der Waals surface area contributed by atoms with Crippen LogP contribution in [0, 0.1) is 0 Å². The maximum absolute atomic E-state index is 5.56. The third-order valence-electron chi connectivity index (χ3n) is 1.66. The van der Waals surface area contributed by atoms with Crippen molar-refractivity contribution in [3.05, 3.63) is 0 Å². The molecule has 0 bridgehead atoms. The first-order chi connectivity index (χ1) is 7.24. The Labute approximate surface area is 93.6 Å². The molecule has 0 aliphatic heterocycles. The van der Waals surface area contributed by atoms with Crippen molar-refractivity contribution in [2.45, 2.75) is 40.5 Å². The second-order valence-electron chi connectivity index (χ2n) is 2.94. The predicted molar refractivity (Wildman–Crippen MR) is 64.0 cm³/mol. The molecule has 0 atom stereocenters. The summed E-state index contributed by atoms with van der Waals surface area (Å²) in [6.45, 7) is 10.4. The van der Waals surface area contributed by atoms with Gasteiger partial charge in [0.05, 0.1) is 19.8 Å². The molecule has 0 aliphatic carbocycles. The quantitative estimate of drug-likeness (QED) is 0.452. The fourth-order valence-electron chi connectivity index (χ4n) is 1.08. The van der Waals surface area contributed by atoms with Gasteiger partial charge in [-0.05, 0) is 27.2 Å². The summed E-state index contributed by atoms with van der Waals surface area (Å²) in [5.41, 5.74) is 0. The molecule has 92 valence electrons. The van der Waals surface area contributed by atoms with Crippen LogP contribution in [0.2, 0.25) is 0 Å². The van der Waals surface area contributed by atoms with Crippen LogP contribution in [0.15, 0.2) is 4.74 Å². The van der Waals surface area contributed by atoms with E-state index < -0.39 is 7.74 Å². The summed E-state index contributed by atoms with van der Waals surface area (Å²) in [4.78, 5) is 0.